The van der Waals surface area contributed by atoms with Crippen LogP contribution in [0.5, 0.6) is 0 Å². The Labute approximate surface area is 259 Å². The van der Waals surface area contributed by atoms with Crippen LogP contribution in [0, 0.1) is 11.8 Å². The van der Waals surface area contributed by atoms with E-state index < -0.39 is 20.3 Å². The number of carbonyl (C=O) groups is 2. The van der Waals surface area contributed by atoms with Crippen LogP contribution in [0.4, 0.5) is 4.79 Å². The number of benzene rings is 3. The Kier molecular flexibility index (Phi) is 12.6. The fraction of sp³-hybridized carbons (Fsp3) is 0.444. The van der Waals surface area contributed by atoms with Crippen molar-refractivity contribution in [3.8, 4) is 0 Å². The molecule has 0 saturated carbocycles. The number of esters is 1. The van der Waals surface area contributed by atoms with Gasteiger partial charge in [0.2, 0.25) is 0 Å². The normalized spacial score (nSPS) is 13.4. The van der Waals surface area contributed by atoms with Gasteiger partial charge in [-0.1, -0.05) is 139 Å². The van der Waals surface area contributed by atoms with Crippen molar-refractivity contribution in [2.75, 3.05) is 6.61 Å². The average molecular weight is 603 g/mol. The first-order chi connectivity index (χ1) is 20.4. The third-order valence-electron chi connectivity index (χ3n) is 7.53. The standard InChI is InChI=1S/C36H50N2O4Si/c1-27(2)23-30(37-35(40)38-33(24-28(3)4)34(39)41-25-29-17-11-8-12-18-29)26-42-43(36(5,6)7,31-19-13-9-14-20-31)32-21-15-10-16-22-32/h8-22,27-28,30,33H,23-26H2,1-7H3,(H2,37,38,40)/t30-,33-/m0/s1. The molecule has 2 amide bonds. The monoisotopic (exact) mass is 602 g/mol. The van der Waals surface area contributed by atoms with E-state index in [-0.39, 0.29) is 29.6 Å². The molecular weight excluding hydrogens is 552 g/mol. The minimum atomic E-state index is -2.77. The van der Waals surface area contributed by atoms with E-state index in [0.29, 0.717) is 18.9 Å². The second-order valence-corrected chi connectivity index (χ2v) is 17.5. The maximum atomic E-state index is 13.4. The van der Waals surface area contributed by atoms with Gasteiger partial charge in [0, 0.05) is 0 Å². The third kappa shape index (κ3) is 9.80. The molecule has 0 bridgehead atoms. The van der Waals surface area contributed by atoms with E-state index in [1.165, 1.54) is 10.4 Å². The predicted molar refractivity (Wildman–Crippen MR) is 178 cm³/mol. The first-order valence-electron chi connectivity index (χ1n) is 15.4. The zero-order valence-corrected chi connectivity index (χ0v) is 27.9. The number of rotatable bonds is 14. The molecule has 2 N–H and O–H groups in total. The second-order valence-electron chi connectivity index (χ2n) is 13.2. The molecule has 7 heteroatoms. The van der Waals surface area contributed by atoms with Gasteiger partial charge in [0.1, 0.15) is 12.6 Å². The molecule has 0 saturated heterocycles. The van der Waals surface area contributed by atoms with Crippen molar-refractivity contribution in [2.24, 2.45) is 11.8 Å². The van der Waals surface area contributed by atoms with E-state index in [1.807, 2.05) is 56.3 Å². The first kappa shape index (κ1) is 34.1. The number of hydrogen-bond acceptors (Lipinski definition) is 4. The summed E-state index contributed by atoms with van der Waals surface area (Å²) in [5, 5.41) is 8.27. The smallest absolute Gasteiger partial charge is 0.329 e. The largest absolute Gasteiger partial charge is 0.459 e. The number of urea groups is 1. The van der Waals surface area contributed by atoms with Gasteiger partial charge in [0.25, 0.3) is 8.32 Å². The highest BCUT2D eigenvalue weighted by molar-refractivity contribution is 6.99. The van der Waals surface area contributed by atoms with Crippen molar-refractivity contribution >= 4 is 30.7 Å². The molecule has 0 aliphatic rings. The molecule has 0 aliphatic carbocycles. The van der Waals surface area contributed by atoms with Gasteiger partial charge in [0.05, 0.1) is 12.6 Å². The SMILES string of the molecule is CC(C)C[C@@H](CO[Si](c1ccccc1)(c1ccccc1)C(C)(C)C)NC(=O)N[C@@H](CC(C)C)C(=O)OCc1ccccc1. The van der Waals surface area contributed by atoms with E-state index >= 15 is 0 Å². The van der Waals surface area contributed by atoms with Crippen molar-refractivity contribution < 1.29 is 18.8 Å². The molecule has 0 spiro atoms. The van der Waals surface area contributed by atoms with Crippen molar-refractivity contribution in [1.29, 1.82) is 0 Å². The summed E-state index contributed by atoms with van der Waals surface area (Å²) in [5.74, 6) is 0.0894. The quantitative estimate of drug-likeness (QED) is 0.165. The number of nitrogens with one attached hydrogen (secondary N) is 2. The fourth-order valence-electron chi connectivity index (χ4n) is 5.62. The summed E-state index contributed by atoms with van der Waals surface area (Å²) in [5.41, 5.74) is 0.904. The molecule has 6 nitrogen and oxygen atoms in total. The van der Waals surface area contributed by atoms with Crippen LogP contribution in [0.3, 0.4) is 0 Å². The van der Waals surface area contributed by atoms with Gasteiger partial charge in [-0.15, -0.1) is 0 Å². The summed E-state index contributed by atoms with van der Waals surface area (Å²) in [7, 11) is -2.77. The van der Waals surface area contributed by atoms with Gasteiger partial charge in [0.15, 0.2) is 0 Å². The van der Waals surface area contributed by atoms with Crippen LogP contribution in [0.25, 0.3) is 0 Å². The van der Waals surface area contributed by atoms with Crippen molar-refractivity contribution in [2.45, 2.75) is 85.0 Å². The Bertz CT molecular complexity index is 1220. The molecule has 232 valence electrons. The predicted octanol–water partition coefficient (Wildman–Crippen LogP) is 6.44. The van der Waals surface area contributed by atoms with Crippen LogP contribution >= 0.6 is 0 Å². The lowest BCUT2D eigenvalue weighted by Gasteiger charge is -2.43. The highest BCUT2D eigenvalue weighted by Crippen LogP contribution is 2.37. The Morgan fingerprint density at radius 1 is 0.721 bits per heavy atom. The average Bonchev–Trinajstić information content (AvgIpc) is 2.96. The lowest BCUT2D eigenvalue weighted by Crippen LogP contribution is -2.67. The zero-order valence-electron chi connectivity index (χ0n) is 26.9. The highest BCUT2D eigenvalue weighted by Gasteiger charge is 2.50. The minimum absolute atomic E-state index is 0.167. The summed E-state index contributed by atoms with van der Waals surface area (Å²) in [6.45, 7) is 15.6. The summed E-state index contributed by atoms with van der Waals surface area (Å²) in [6.07, 6.45) is 1.22. The molecule has 3 aromatic rings. The molecule has 2 atom stereocenters. The van der Waals surface area contributed by atoms with Crippen molar-refractivity contribution in [3.63, 3.8) is 0 Å². The number of amides is 2. The van der Waals surface area contributed by atoms with Gasteiger partial charge in [-0.3, -0.25) is 0 Å². The Hall–Kier alpha value is -3.42. The number of carbonyl (C=O) groups excluding carboxylic acids is 2. The van der Waals surface area contributed by atoms with Gasteiger partial charge in [-0.25, -0.2) is 9.59 Å². The van der Waals surface area contributed by atoms with Crippen LogP contribution in [-0.4, -0.2) is 39.0 Å². The van der Waals surface area contributed by atoms with E-state index in [9.17, 15) is 9.59 Å². The van der Waals surface area contributed by atoms with Crippen LogP contribution in [0.15, 0.2) is 91.0 Å². The Balaban J connectivity index is 1.80. The maximum Gasteiger partial charge on any atom is 0.329 e. The molecule has 0 aliphatic heterocycles. The Morgan fingerprint density at radius 3 is 1.67 bits per heavy atom. The lowest BCUT2D eigenvalue weighted by molar-refractivity contribution is -0.147. The maximum absolute atomic E-state index is 13.4. The summed E-state index contributed by atoms with van der Waals surface area (Å²) in [4.78, 5) is 26.4. The molecule has 0 unspecified atom stereocenters. The van der Waals surface area contributed by atoms with Gasteiger partial charge >= 0.3 is 12.0 Å². The Morgan fingerprint density at radius 2 is 1.21 bits per heavy atom. The van der Waals surface area contributed by atoms with E-state index in [0.717, 1.165) is 12.0 Å². The molecule has 0 radical (unpaired) electrons. The summed E-state index contributed by atoms with van der Waals surface area (Å²) < 4.78 is 12.7. The van der Waals surface area contributed by atoms with Gasteiger partial charge in [-0.05, 0) is 45.7 Å². The van der Waals surface area contributed by atoms with Crippen molar-refractivity contribution in [3.05, 3.63) is 96.6 Å². The van der Waals surface area contributed by atoms with Crippen LogP contribution in [-0.2, 0) is 20.6 Å². The zero-order chi connectivity index (χ0) is 31.5. The first-order valence-corrected chi connectivity index (χ1v) is 17.4. The molecule has 0 aromatic heterocycles. The second kappa shape index (κ2) is 15.9. The molecule has 0 heterocycles. The van der Waals surface area contributed by atoms with Crippen LogP contribution in [0.2, 0.25) is 5.04 Å². The fourth-order valence-corrected chi connectivity index (χ4v) is 10.2. The van der Waals surface area contributed by atoms with Crippen LogP contribution in [0.1, 0.15) is 66.9 Å². The summed E-state index contributed by atoms with van der Waals surface area (Å²) >= 11 is 0. The van der Waals surface area contributed by atoms with E-state index in [2.05, 4.69) is 93.8 Å². The topological polar surface area (TPSA) is 76.7 Å². The van der Waals surface area contributed by atoms with Gasteiger partial charge < -0.3 is 19.8 Å². The number of ether oxygens (including phenoxy) is 1. The number of hydrogen-bond donors (Lipinski definition) is 2. The molecular formula is C36H50N2O4Si. The van der Waals surface area contributed by atoms with Crippen LogP contribution < -0.4 is 21.0 Å². The summed E-state index contributed by atoms with van der Waals surface area (Å²) in [6, 6.07) is 29.2. The molecule has 3 rings (SSSR count). The lowest BCUT2D eigenvalue weighted by atomic mass is 10.0. The minimum Gasteiger partial charge on any atom is -0.459 e. The highest BCUT2D eigenvalue weighted by atomic mass is 28.4. The van der Waals surface area contributed by atoms with Crippen molar-refractivity contribution in [1.82, 2.24) is 10.6 Å². The molecule has 43 heavy (non-hydrogen) atoms. The van der Waals surface area contributed by atoms with E-state index in [1.54, 1.807) is 0 Å². The third-order valence-corrected chi connectivity index (χ3v) is 12.5. The molecule has 3 aromatic carbocycles. The van der Waals surface area contributed by atoms with Gasteiger partial charge in [-0.2, -0.15) is 0 Å². The molecule has 0 fully saturated rings. The van der Waals surface area contributed by atoms with E-state index in [4.69, 9.17) is 9.16 Å².